The first kappa shape index (κ1) is 20.9. The van der Waals surface area contributed by atoms with Crippen LogP contribution in [0.15, 0.2) is 48.5 Å². The number of nitrogens with two attached hydrogens (primary N) is 1. The molecule has 5 heteroatoms. The lowest BCUT2D eigenvalue weighted by atomic mass is 10.00. The summed E-state index contributed by atoms with van der Waals surface area (Å²) < 4.78 is 0. The van der Waals surface area contributed by atoms with Crippen molar-refractivity contribution < 1.29 is 40.1 Å². The Kier molecular flexibility index (Phi) is 8.74. The number of aliphatic hydroxyl groups is 1. The quantitative estimate of drug-likeness (QED) is 0.452. The van der Waals surface area contributed by atoms with E-state index in [1.54, 1.807) is 0 Å². The number of hydrogen-bond donors (Lipinski definition) is 3. The molecule has 0 radical (unpaired) electrons. The van der Waals surface area contributed by atoms with Gasteiger partial charge in [-0.05, 0) is 24.6 Å². The van der Waals surface area contributed by atoms with Gasteiger partial charge < -0.3 is 40.1 Å². The number of rotatable bonds is 5. The highest BCUT2D eigenvalue weighted by molar-refractivity contribution is 5.31. The van der Waals surface area contributed by atoms with E-state index in [2.05, 4.69) is 60.8 Å². The van der Waals surface area contributed by atoms with Crippen molar-refractivity contribution >= 4 is 5.69 Å². The van der Waals surface area contributed by atoms with E-state index in [0.29, 0.717) is 0 Å². The highest BCUT2D eigenvalue weighted by Crippen LogP contribution is 2.10. The molecule has 0 spiro atoms. The van der Waals surface area contributed by atoms with Gasteiger partial charge in [-0.15, -0.1) is 0 Å². The molecule has 1 aliphatic heterocycles. The van der Waals surface area contributed by atoms with Crippen molar-refractivity contribution in [3.05, 3.63) is 65.2 Å². The summed E-state index contributed by atoms with van der Waals surface area (Å²) in [4.78, 5) is 1.49. The molecule has 2 aromatic carbocycles. The fourth-order valence-electron chi connectivity index (χ4n) is 3.21. The number of nitrogens with one attached hydrogen (secondary N) is 1. The highest BCUT2D eigenvalue weighted by atomic mass is 35.5. The van der Waals surface area contributed by atoms with E-state index in [-0.39, 0.29) is 30.9 Å². The molecule has 0 saturated heterocycles. The third kappa shape index (κ3) is 5.76. The number of benzene rings is 2. The maximum absolute atomic E-state index is 10.3. The second-order valence-corrected chi connectivity index (χ2v) is 6.40. The maximum atomic E-state index is 10.3. The van der Waals surface area contributed by atoms with Crippen LogP contribution in [0, 0.1) is 6.92 Å². The summed E-state index contributed by atoms with van der Waals surface area (Å²) in [7, 11) is 0. The summed E-state index contributed by atoms with van der Waals surface area (Å²) in [6, 6.07) is 17.2. The fourth-order valence-corrected chi connectivity index (χ4v) is 3.21. The first-order valence-corrected chi connectivity index (χ1v) is 8.19. The van der Waals surface area contributed by atoms with Gasteiger partial charge in [-0.25, -0.2) is 0 Å². The van der Waals surface area contributed by atoms with E-state index in [4.69, 9.17) is 0 Å². The van der Waals surface area contributed by atoms with Crippen LogP contribution in [0.5, 0.6) is 0 Å². The molecular weight excluding hydrogens is 343 g/mol. The molecule has 2 atom stereocenters. The van der Waals surface area contributed by atoms with Crippen molar-refractivity contribution in [1.29, 1.82) is 0 Å². The predicted octanol–water partition coefficient (Wildman–Crippen LogP) is -5.80. The minimum Gasteiger partial charge on any atom is -1.00 e. The Hall–Kier alpha value is -1.10. The van der Waals surface area contributed by atoms with E-state index in [1.807, 2.05) is 0 Å². The summed E-state index contributed by atoms with van der Waals surface area (Å²) in [5, 5.41) is 12.5. The Morgan fingerprint density at radius 2 is 1.71 bits per heavy atom. The Morgan fingerprint density at radius 3 is 2.42 bits per heavy atom. The molecule has 132 valence electrons. The maximum Gasteiger partial charge on any atom is 0.152 e. The smallest absolute Gasteiger partial charge is 0.152 e. The highest BCUT2D eigenvalue weighted by Gasteiger charge is 2.22. The molecule has 1 heterocycles. The van der Waals surface area contributed by atoms with Gasteiger partial charge in [-0.3, -0.25) is 0 Å². The normalized spacial score (nSPS) is 17.2. The van der Waals surface area contributed by atoms with Gasteiger partial charge in [0.15, 0.2) is 6.10 Å². The molecule has 1 aliphatic rings. The van der Waals surface area contributed by atoms with Crippen molar-refractivity contribution in [3.63, 3.8) is 0 Å². The molecule has 3 rings (SSSR count). The van der Waals surface area contributed by atoms with Gasteiger partial charge in [0, 0.05) is 12.0 Å². The zero-order valence-corrected chi connectivity index (χ0v) is 15.5. The zero-order chi connectivity index (χ0) is 15.4. The Labute approximate surface area is 156 Å². The average molecular weight is 369 g/mol. The number of hydrogen-bond acceptors (Lipinski definition) is 1. The van der Waals surface area contributed by atoms with Gasteiger partial charge in [0.25, 0.3) is 0 Å². The van der Waals surface area contributed by atoms with E-state index < -0.39 is 0 Å². The van der Waals surface area contributed by atoms with E-state index >= 15 is 0 Å². The number of aliphatic hydroxyl groups excluding tert-OH is 1. The van der Waals surface area contributed by atoms with Gasteiger partial charge >= 0.3 is 0 Å². The van der Waals surface area contributed by atoms with Crippen LogP contribution in [0.4, 0.5) is 5.69 Å². The number of fused-ring (bicyclic) bond motifs is 1. The van der Waals surface area contributed by atoms with E-state index in [1.165, 1.54) is 27.3 Å². The number of halogens is 2. The molecule has 0 fully saturated rings. The molecule has 0 bridgehead atoms. The van der Waals surface area contributed by atoms with Crippen molar-refractivity contribution in [2.75, 3.05) is 19.6 Å². The van der Waals surface area contributed by atoms with Crippen LogP contribution in [0.1, 0.15) is 16.7 Å². The van der Waals surface area contributed by atoms with Crippen LogP contribution in [-0.4, -0.2) is 30.8 Å². The lowest BCUT2D eigenvalue weighted by Gasteiger charge is -2.27. The second kappa shape index (κ2) is 10.0. The molecule has 2 aromatic rings. The Balaban J connectivity index is 0.00000144. The molecule has 24 heavy (non-hydrogen) atoms. The topological polar surface area (TPSA) is 41.3 Å². The van der Waals surface area contributed by atoms with Crippen molar-refractivity contribution in [1.82, 2.24) is 0 Å². The average Bonchev–Trinajstić information content (AvgIpc) is 2.54. The van der Waals surface area contributed by atoms with Crippen LogP contribution >= 0.6 is 0 Å². The third-order valence-electron chi connectivity index (χ3n) is 4.53. The Morgan fingerprint density at radius 1 is 1.04 bits per heavy atom. The lowest BCUT2D eigenvalue weighted by Crippen LogP contribution is -3.13. The summed E-state index contributed by atoms with van der Waals surface area (Å²) in [6.45, 7) is 5.82. The third-order valence-corrected chi connectivity index (χ3v) is 4.53. The molecule has 0 amide bonds. The van der Waals surface area contributed by atoms with Gasteiger partial charge in [0.05, 0.1) is 6.54 Å². The number of quaternary nitrogens is 2. The van der Waals surface area contributed by atoms with Crippen molar-refractivity contribution in [2.24, 2.45) is 0 Å². The molecule has 0 aliphatic carbocycles. The zero-order valence-electron chi connectivity index (χ0n) is 14.0. The monoisotopic (exact) mass is 368 g/mol. The van der Waals surface area contributed by atoms with Gasteiger partial charge in [0.2, 0.25) is 0 Å². The fraction of sp³-hybridized carbons (Fsp3) is 0.368. The van der Waals surface area contributed by atoms with Crippen molar-refractivity contribution in [2.45, 2.75) is 26.0 Å². The van der Waals surface area contributed by atoms with Crippen LogP contribution in [0.2, 0.25) is 0 Å². The standard InChI is InChI=1S/C19H24N2O.2ClH/c1-15-6-8-18(9-7-15)20-12-19(22)14-21-11-10-16-4-2-3-5-17(16)13-21;;/h2-9,19-20,22H,10-14H2,1H3;2*1H. The lowest BCUT2D eigenvalue weighted by molar-refractivity contribution is -0.920. The predicted molar refractivity (Wildman–Crippen MR) is 88.2 cm³/mol. The van der Waals surface area contributed by atoms with Gasteiger partial charge in [-0.2, -0.15) is 0 Å². The van der Waals surface area contributed by atoms with Crippen LogP contribution in [0.3, 0.4) is 0 Å². The van der Waals surface area contributed by atoms with Gasteiger partial charge in [-0.1, -0.05) is 42.0 Å². The minimum absolute atomic E-state index is 0. The van der Waals surface area contributed by atoms with Crippen LogP contribution < -0.4 is 35.0 Å². The molecular formula is C19H26Cl2N2O. The largest absolute Gasteiger partial charge is 1.00 e. The van der Waals surface area contributed by atoms with E-state index in [9.17, 15) is 5.11 Å². The first-order valence-electron chi connectivity index (χ1n) is 8.19. The van der Waals surface area contributed by atoms with Gasteiger partial charge in [0.1, 0.15) is 25.3 Å². The van der Waals surface area contributed by atoms with E-state index in [0.717, 1.165) is 32.6 Å². The summed E-state index contributed by atoms with van der Waals surface area (Å²) in [5.74, 6) is 0. The van der Waals surface area contributed by atoms with Crippen LogP contribution in [-0.2, 0) is 13.0 Å². The minimum atomic E-state index is -0.262. The number of aryl methyl sites for hydroxylation is 1. The summed E-state index contributed by atoms with van der Waals surface area (Å²) in [5.41, 5.74) is 5.39. The molecule has 2 unspecified atom stereocenters. The molecule has 0 aromatic heterocycles. The van der Waals surface area contributed by atoms with Crippen molar-refractivity contribution in [3.8, 4) is 0 Å². The molecule has 0 saturated carbocycles. The first-order chi connectivity index (χ1) is 10.7. The SMILES string of the molecule is Cc1ccc([NH2+]CC(O)C[NH+]2CCc3ccccc3C2)cc1.[Cl-].[Cl-]. The molecule has 4 N–H and O–H groups in total. The second-order valence-electron chi connectivity index (χ2n) is 6.40. The molecule has 3 nitrogen and oxygen atoms in total. The summed E-state index contributed by atoms with van der Waals surface area (Å²) in [6.07, 6.45) is 0.862. The Bertz CT molecular complexity index is 619. The summed E-state index contributed by atoms with van der Waals surface area (Å²) >= 11 is 0. The van der Waals surface area contributed by atoms with Crippen LogP contribution in [0.25, 0.3) is 0 Å².